The summed E-state index contributed by atoms with van der Waals surface area (Å²) in [6, 6.07) is 7.22. The van der Waals surface area contributed by atoms with Gasteiger partial charge in [-0.2, -0.15) is 4.98 Å². The molecule has 18 heavy (non-hydrogen) atoms. The van der Waals surface area contributed by atoms with Crippen LogP contribution in [0.3, 0.4) is 0 Å². The lowest BCUT2D eigenvalue weighted by Gasteiger charge is -2.07. The van der Waals surface area contributed by atoms with Crippen molar-refractivity contribution in [2.45, 2.75) is 6.61 Å². The van der Waals surface area contributed by atoms with Crippen LogP contribution in [-0.4, -0.2) is 17.1 Å². The third-order valence-corrected chi connectivity index (χ3v) is 2.06. The molecule has 2 N–H and O–H groups in total. The molecule has 1 aromatic heterocycles. The van der Waals surface area contributed by atoms with E-state index in [1.54, 1.807) is 12.1 Å². The fourth-order valence-electron chi connectivity index (χ4n) is 1.39. The van der Waals surface area contributed by atoms with Gasteiger partial charge in [0.15, 0.2) is 5.82 Å². The van der Waals surface area contributed by atoms with E-state index in [0.29, 0.717) is 11.6 Å². The van der Waals surface area contributed by atoms with Crippen LogP contribution < -0.4 is 10.5 Å². The third kappa shape index (κ3) is 3.14. The second kappa shape index (κ2) is 5.42. The molecule has 2 rings (SSSR count). The van der Waals surface area contributed by atoms with Gasteiger partial charge in [-0.3, -0.25) is 0 Å². The molecule has 2 aromatic rings. The van der Waals surface area contributed by atoms with E-state index in [2.05, 4.69) is 9.97 Å². The Labute approximate surface area is 103 Å². The second-order valence-corrected chi connectivity index (χ2v) is 3.54. The summed E-state index contributed by atoms with van der Waals surface area (Å²) in [7, 11) is 1.53. The Kier molecular flexibility index (Phi) is 3.69. The maximum Gasteiger partial charge on any atom is 0.224 e. The van der Waals surface area contributed by atoms with Crippen LogP contribution >= 0.6 is 0 Å². The van der Waals surface area contributed by atoms with Gasteiger partial charge in [-0.05, 0) is 12.1 Å². The van der Waals surface area contributed by atoms with Crippen LogP contribution in [0, 0.1) is 5.82 Å². The first-order valence-corrected chi connectivity index (χ1v) is 5.23. The number of ether oxygens (including phenoxy) is 2. The number of nitrogens with zero attached hydrogens (tertiary/aromatic N) is 2. The van der Waals surface area contributed by atoms with Gasteiger partial charge in [0.05, 0.1) is 0 Å². The monoisotopic (exact) mass is 249 g/mol. The van der Waals surface area contributed by atoms with Crippen molar-refractivity contribution in [3.8, 4) is 11.6 Å². The standard InChI is InChI=1S/C12H12FN3O2/c1-17-7-11-15-10(14)6-12(16-11)18-9-4-2-3-8(13)5-9/h2-6H,7H2,1H3,(H2,14,15,16). The Balaban J connectivity index is 2.23. The molecule has 0 fully saturated rings. The third-order valence-electron chi connectivity index (χ3n) is 2.06. The van der Waals surface area contributed by atoms with E-state index in [4.69, 9.17) is 15.2 Å². The van der Waals surface area contributed by atoms with Gasteiger partial charge in [-0.15, -0.1) is 0 Å². The highest BCUT2D eigenvalue weighted by molar-refractivity contribution is 5.35. The van der Waals surface area contributed by atoms with E-state index in [9.17, 15) is 4.39 Å². The van der Waals surface area contributed by atoms with E-state index in [1.165, 1.54) is 25.3 Å². The summed E-state index contributed by atoms with van der Waals surface area (Å²) >= 11 is 0. The van der Waals surface area contributed by atoms with E-state index >= 15 is 0 Å². The summed E-state index contributed by atoms with van der Waals surface area (Å²) in [5.74, 6) is 0.885. The summed E-state index contributed by atoms with van der Waals surface area (Å²) in [6.07, 6.45) is 0. The Morgan fingerprint density at radius 1 is 1.28 bits per heavy atom. The number of hydrogen-bond donors (Lipinski definition) is 1. The molecule has 5 nitrogen and oxygen atoms in total. The van der Waals surface area contributed by atoms with Crippen LogP contribution in [0.15, 0.2) is 30.3 Å². The highest BCUT2D eigenvalue weighted by Crippen LogP contribution is 2.21. The van der Waals surface area contributed by atoms with Gasteiger partial charge >= 0.3 is 0 Å². The average Bonchev–Trinajstić information content (AvgIpc) is 2.28. The summed E-state index contributed by atoms with van der Waals surface area (Å²) in [6.45, 7) is 0.227. The fourth-order valence-corrected chi connectivity index (χ4v) is 1.39. The summed E-state index contributed by atoms with van der Waals surface area (Å²) < 4.78 is 23.3. The van der Waals surface area contributed by atoms with Crippen molar-refractivity contribution in [2.24, 2.45) is 0 Å². The summed E-state index contributed by atoms with van der Waals surface area (Å²) in [5.41, 5.74) is 5.61. The minimum absolute atomic E-state index is 0.227. The molecule has 0 aliphatic carbocycles. The van der Waals surface area contributed by atoms with Crippen LogP contribution in [0.2, 0.25) is 0 Å². The first kappa shape index (κ1) is 12.3. The number of aromatic nitrogens is 2. The molecule has 0 saturated carbocycles. The molecule has 0 saturated heterocycles. The zero-order valence-electron chi connectivity index (χ0n) is 9.76. The molecule has 0 aliphatic heterocycles. The highest BCUT2D eigenvalue weighted by atomic mass is 19.1. The number of methoxy groups -OCH3 is 1. The quantitative estimate of drug-likeness (QED) is 0.898. The van der Waals surface area contributed by atoms with Gasteiger partial charge in [0, 0.05) is 19.2 Å². The average molecular weight is 249 g/mol. The highest BCUT2D eigenvalue weighted by Gasteiger charge is 2.05. The first-order valence-electron chi connectivity index (χ1n) is 5.23. The normalized spacial score (nSPS) is 10.3. The molecule has 1 aromatic carbocycles. The predicted octanol–water partition coefficient (Wildman–Crippen LogP) is 2.14. The molecule has 94 valence electrons. The first-order chi connectivity index (χ1) is 8.67. The zero-order chi connectivity index (χ0) is 13.0. The number of hydrogen-bond acceptors (Lipinski definition) is 5. The van der Waals surface area contributed by atoms with Crippen molar-refractivity contribution in [1.82, 2.24) is 9.97 Å². The number of nitrogen functional groups attached to an aromatic ring is 1. The van der Waals surface area contributed by atoms with E-state index in [-0.39, 0.29) is 24.1 Å². The minimum Gasteiger partial charge on any atom is -0.439 e. The number of rotatable bonds is 4. The smallest absolute Gasteiger partial charge is 0.224 e. The molecule has 0 unspecified atom stereocenters. The number of anilines is 1. The molecular formula is C12H12FN3O2. The Morgan fingerprint density at radius 3 is 2.83 bits per heavy atom. The van der Waals surface area contributed by atoms with Crippen LogP contribution in [0.4, 0.5) is 10.2 Å². The van der Waals surface area contributed by atoms with Crippen molar-refractivity contribution >= 4 is 5.82 Å². The number of halogens is 1. The Hall–Kier alpha value is -2.21. The van der Waals surface area contributed by atoms with Gasteiger partial charge in [0.25, 0.3) is 0 Å². The van der Waals surface area contributed by atoms with E-state index < -0.39 is 0 Å². The molecule has 0 aliphatic rings. The van der Waals surface area contributed by atoms with E-state index in [0.717, 1.165) is 0 Å². The maximum absolute atomic E-state index is 13.0. The minimum atomic E-state index is -0.383. The van der Waals surface area contributed by atoms with Crippen molar-refractivity contribution in [1.29, 1.82) is 0 Å². The Bertz CT molecular complexity index is 549. The lowest BCUT2D eigenvalue weighted by atomic mass is 10.3. The second-order valence-electron chi connectivity index (χ2n) is 3.54. The molecule has 1 heterocycles. The lowest BCUT2D eigenvalue weighted by molar-refractivity contribution is 0.177. The predicted molar refractivity (Wildman–Crippen MR) is 63.6 cm³/mol. The van der Waals surface area contributed by atoms with Gasteiger partial charge in [0.1, 0.15) is 24.0 Å². The lowest BCUT2D eigenvalue weighted by Crippen LogP contribution is -2.02. The van der Waals surface area contributed by atoms with Crippen LogP contribution in [0.5, 0.6) is 11.6 Å². The molecule has 0 atom stereocenters. The van der Waals surface area contributed by atoms with E-state index in [1.807, 2.05) is 0 Å². The fraction of sp³-hybridized carbons (Fsp3) is 0.167. The van der Waals surface area contributed by atoms with Crippen molar-refractivity contribution in [3.63, 3.8) is 0 Å². The molecule has 0 amide bonds. The summed E-state index contributed by atoms with van der Waals surface area (Å²) in [5, 5.41) is 0. The van der Waals surface area contributed by atoms with Crippen LogP contribution in [-0.2, 0) is 11.3 Å². The van der Waals surface area contributed by atoms with Gasteiger partial charge < -0.3 is 15.2 Å². The van der Waals surface area contributed by atoms with Gasteiger partial charge in [-0.1, -0.05) is 6.07 Å². The van der Waals surface area contributed by atoms with Gasteiger partial charge in [0.2, 0.25) is 5.88 Å². The number of nitrogens with two attached hydrogens (primary N) is 1. The van der Waals surface area contributed by atoms with Crippen molar-refractivity contribution < 1.29 is 13.9 Å². The summed E-state index contributed by atoms with van der Waals surface area (Å²) in [4.78, 5) is 8.06. The SMILES string of the molecule is COCc1nc(N)cc(Oc2cccc(F)c2)n1. The van der Waals surface area contributed by atoms with Crippen molar-refractivity contribution in [2.75, 3.05) is 12.8 Å². The Morgan fingerprint density at radius 2 is 2.11 bits per heavy atom. The molecule has 0 radical (unpaired) electrons. The maximum atomic E-state index is 13.0. The van der Waals surface area contributed by atoms with Crippen molar-refractivity contribution in [3.05, 3.63) is 42.0 Å². The zero-order valence-corrected chi connectivity index (χ0v) is 9.76. The van der Waals surface area contributed by atoms with Crippen LogP contribution in [0.1, 0.15) is 5.82 Å². The largest absolute Gasteiger partial charge is 0.439 e. The molecule has 6 heteroatoms. The molecule has 0 spiro atoms. The molecular weight excluding hydrogens is 237 g/mol. The van der Waals surface area contributed by atoms with Gasteiger partial charge in [-0.25, -0.2) is 9.37 Å². The van der Waals surface area contributed by atoms with Crippen LogP contribution in [0.25, 0.3) is 0 Å². The topological polar surface area (TPSA) is 70.3 Å². The number of benzene rings is 1. The molecule has 0 bridgehead atoms.